The van der Waals surface area contributed by atoms with Crippen molar-refractivity contribution in [1.29, 1.82) is 5.26 Å². The highest BCUT2D eigenvalue weighted by Gasteiger charge is 2.12. The van der Waals surface area contributed by atoms with Gasteiger partial charge in [-0.15, -0.1) is 0 Å². The highest BCUT2D eigenvalue weighted by Crippen LogP contribution is 2.33. The van der Waals surface area contributed by atoms with Gasteiger partial charge in [0.05, 0.1) is 5.56 Å². The number of rotatable bonds is 1. The van der Waals surface area contributed by atoms with E-state index in [4.69, 9.17) is 4.42 Å². The summed E-state index contributed by atoms with van der Waals surface area (Å²) in [5, 5.41) is 19.5. The number of aromatic hydroxyl groups is 1. The maximum atomic E-state index is 9.45. The normalized spacial score (nSPS) is 10.5. The zero-order valence-corrected chi connectivity index (χ0v) is 11.3. The summed E-state index contributed by atoms with van der Waals surface area (Å²) in [7, 11) is 0. The minimum absolute atomic E-state index is 0.189. The minimum atomic E-state index is 0.189. The summed E-state index contributed by atoms with van der Waals surface area (Å²) >= 11 is 3.36. The highest BCUT2D eigenvalue weighted by atomic mass is 79.9. The molecule has 0 unspecified atom stereocenters. The Morgan fingerprint density at radius 1 is 1.16 bits per heavy atom. The van der Waals surface area contributed by atoms with Crippen LogP contribution in [0.4, 0.5) is 0 Å². The monoisotopic (exact) mass is 313 g/mol. The van der Waals surface area contributed by atoms with Gasteiger partial charge in [-0.1, -0.05) is 6.07 Å². The van der Waals surface area contributed by atoms with Crippen LogP contribution in [0.3, 0.4) is 0 Å². The molecule has 3 rings (SSSR count). The summed E-state index contributed by atoms with van der Waals surface area (Å²) in [6.07, 6.45) is 0. The smallest absolute Gasteiger partial charge is 0.136 e. The summed E-state index contributed by atoms with van der Waals surface area (Å²) in [4.78, 5) is 0. The molecule has 0 radical (unpaired) electrons. The summed E-state index contributed by atoms with van der Waals surface area (Å²) in [5.41, 5.74) is 1.94. The number of hydrogen-bond donors (Lipinski definition) is 1. The molecular weight excluding hydrogens is 306 g/mol. The van der Waals surface area contributed by atoms with Gasteiger partial charge in [-0.25, -0.2) is 0 Å². The molecule has 92 valence electrons. The van der Waals surface area contributed by atoms with Crippen LogP contribution >= 0.6 is 15.9 Å². The molecule has 0 bridgehead atoms. The number of nitrogens with zero attached hydrogens (tertiary/aromatic N) is 1. The van der Waals surface area contributed by atoms with Crippen molar-refractivity contribution in [2.75, 3.05) is 0 Å². The standard InChI is InChI=1S/C15H8BrNO2/c16-13-3-1-2-11(12(13)8-17)15-7-9-6-10(18)4-5-14(9)19-15/h1-7,18H. The van der Waals surface area contributed by atoms with E-state index in [1.165, 1.54) is 0 Å². The molecule has 0 aliphatic heterocycles. The third-order valence-electron chi connectivity index (χ3n) is 2.89. The number of benzene rings is 2. The van der Waals surface area contributed by atoms with Gasteiger partial charge in [0, 0.05) is 15.4 Å². The van der Waals surface area contributed by atoms with Gasteiger partial charge >= 0.3 is 0 Å². The van der Waals surface area contributed by atoms with E-state index in [-0.39, 0.29) is 5.75 Å². The van der Waals surface area contributed by atoms with Gasteiger partial charge in [-0.05, 0) is 52.3 Å². The fraction of sp³-hybridized carbons (Fsp3) is 0. The zero-order chi connectivity index (χ0) is 13.4. The third-order valence-corrected chi connectivity index (χ3v) is 3.55. The van der Waals surface area contributed by atoms with E-state index in [2.05, 4.69) is 22.0 Å². The minimum Gasteiger partial charge on any atom is -0.508 e. The molecule has 0 amide bonds. The van der Waals surface area contributed by atoms with Gasteiger partial charge in [0.1, 0.15) is 23.2 Å². The first kappa shape index (κ1) is 11.8. The van der Waals surface area contributed by atoms with Gasteiger partial charge in [-0.3, -0.25) is 0 Å². The summed E-state index contributed by atoms with van der Waals surface area (Å²) < 4.78 is 6.46. The van der Waals surface area contributed by atoms with Crippen LogP contribution in [0.15, 0.2) is 51.4 Å². The molecule has 0 aliphatic rings. The Labute approximate surface area is 117 Å². The van der Waals surface area contributed by atoms with Crippen LogP contribution in [0.5, 0.6) is 5.75 Å². The fourth-order valence-electron chi connectivity index (χ4n) is 2.01. The molecule has 19 heavy (non-hydrogen) atoms. The molecule has 4 heteroatoms. The van der Waals surface area contributed by atoms with E-state index in [1.54, 1.807) is 18.2 Å². The Kier molecular flexibility index (Phi) is 2.77. The van der Waals surface area contributed by atoms with Crippen molar-refractivity contribution in [3.63, 3.8) is 0 Å². The van der Waals surface area contributed by atoms with E-state index in [0.717, 1.165) is 15.4 Å². The van der Waals surface area contributed by atoms with Crippen LogP contribution in [0.2, 0.25) is 0 Å². The van der Waals surface area contributed by atoms with Gasteiger partial charge in [0.15, 0.2) is 0 Å². The molecule has 3 aromatic rings. The number of phenolic OH excluding ortho intramolecular Hbond substituents is 1. The summed E-state index contributed by atoms with van der Waals surface area (Å²) in [6, 6.07) is 14.4. The molecule has 2 aromatic carbocycles. The number of halogens is 1. The van der Waals surface area contributed by atoms with Crippen molar-refractivity contribution in [3.05, 3.63) is 52.5 Å². The van der Waals surface area contributed by atoms with Gasteiger partial charge in [0.25, 0.3) is 0 Å². The van der Waals surface area contributed by atoms with Crippen LogP contribution in [-0.2, 0) is 0 Å². The lowest BCUT2D eigenvalue weighted by Crippen LogP contribution is -1.83. The second-order valence-electron chi connectivity index (χ2n) is 4.11. The number of nitriles is 1. The van der Waals surface area contributed by atoms with Crippen molar-refractivity contribution >= 4 is 26.9 Å². The summed E-state index contributed by atoms with van der Waals surface area (Å²) in [6.45, 7) is 0. The van der Waals surface area contributed by atoms with E-state index in [9.17, 15) is 10.4 Å². The van der Waals surface area contributed by atoms with Crippen LogP contribution in [0.25, 0.3) is 22.3 Å². The van der Waals surface area contributed by atoms with E-state index < -0.39 is 0 Å². The van der Waals surface area contributed by atoms with Crippen LogP contribution in [0, 0.1) is 11.3 Å². The predicted octanol–water partition coefficient (Wildman–Crippen LogP) is 4.44. The van der Waals surface area contributed by atoms with Crippen molar-refractivity contribution < 1.29 is 9.52 Å². The Morgan fingerprint density at radius 3 is 2.79 bits per heavy atom. The molecule has 0 saturated heterocycles. The first-order chi connectivity index (χ1) is 9.19. The molecule has 0 fully saturated rings. The van der Waals surface area contributed by atoms with Gasteiger partial charge in [0.2, 0.25) is 0 Å². The first-order valence-corrected chi connectivity index (χ1v) is 6.40. The van der Waals surface area contributed by atoms with Crippen molar-refractivity contribution in [2.45, 2.75) is 0 Å². The maximum absolute atomic E-state index is 9.45. The van der Waals surface area contributed by atoms with Crippen molar-refractivity contribution in [2.24, 2.45) is 0 Å². The molecular formula is C15H8BrNO2. The van der Waals surface area contributed by atoms with Crippen LogP contribution in [0.1, 0.15) is 5.56 Å². The third kappa shape index (κ3) is 1.98. The zero-order valence-electron chi connectivity index (χ0n) is 9.72. The van der Waals surface area contributed by atoms with Gasteiger partial charge in [-0.2, -0.15) is 5.26 Å². The largest absolute Gasteiger partial charge is 0.508 e. The molecule has 3 nitrogen and oxygen atoms in total. The molecule has 0 aliphatic carbocycles. The van der Waals surface area contributed by atoms with E-state index in [1.807, 2.05) is 24.3 Å². The second kappa shape index (κ2) is 4.45. The molecule has 0 saturated carbocycles. The lowest BCUT2D eigenvalue weighted by atomic mass is 10.1. The molecule has 0 spiro atoms. The lowest BCUT2D eigenvalue weighted by molar-refractivity contribution is 0.476. The SMILES string of the molecule is N#Cc1c(Br)cccc1-c1cc2cc(O)ccc2o1. The Morgan fingerprint density at radius 2 is 2.00 bits per heavy atom. The molecule has 1 heterocycles. The number of furan rings is 1. The van der Waals surface area contributed by atoms with E-state index >= 15 is 0 Å². The Bertz CT molecular complexity index is 815. The lowest BCUT2D eigenvalue weighted by Gasteiger charge is -2.01. The average molecular weight is 314 g/mol. The quantitative estimate of drug-likeness (QED) is 0.722. The molecule has 1 N–H and O–H groups in total. The molecule has 0 atom stereocenters. The predicted molar refractivity (Wildman–Crippen MR) is 75.7 cm³/mol. The fourth-order valence-corrected chi connectivity index (χ4v) is 2.46. The van der Waals surface area contributed by atoms with E-state index in [0.29, 0.717) is 16.9 Å². The van der Waals surface area contributed by atoms with Crippen molar-refractivity contribution in [1.82, 2.24) is 0 Å². The Balaban J connectivity index is 2.25. The highest BCUT2D eigenvalue weighted by molar-refractivity contribution is 9.10. The number of fused-ring (bicyclic) bond motifs is 1. The second-order valence-corrected chi connectivity index (χ2v) is 4.96. The summed E-state index contributed by atoms with van der Waals surface area (Å²) in [5.74, 6) is 0.799. The average Bonchev–Trinajstić information content (AvgIpc) is 2.81. The molecule has 1 aromatic heterocycles. The first-order valence-electron chi connectivity index (χ1n) is 5.60. The van der Waals surface area contributed by atoms with Crippen LogP contribution < -0.4 is 0 Å². The topological polar surface area (TPSA) is 57.2 Å². The number of hydrogen-bond acceptors (Lipinski definition) is 3. The Hall–Kier alpha value is -2.25. The maximum Gasteiger partial charge on any atom is 0.136 e. The van der Waals surface area contributed by atoms with Crippen molar-refractivity contribution in [3.8, 4) is 23.1 Å². The van der Waals surface area contributed by atoms with Crippen LogP contribution in [-0.4, -0.2) is 5.11 Å². The van der Waals surface area contributed by atoms with Gasteiger partial charge < -0.3 is 9.52 Å². The number of phenols is 1.